The van der Waals surface area contributed by atoms with E-state index in [4.69, 9.17) is 4.74 Å². The maximum atomic E-state index is 13.3. The van der Waals surface area contributed by atoms with Gasteiger partial charge in [-0.2, -0.15) is 5.10 Å². The van der Waals surface area contributed by atoms with Crippen LogP contribution < -0.4 is 5.43 Å². The number of aromatic nitrogens is 1. The molecular formula is C15H18FN3OS. The third-order valence-electron chi connectivity index (χ3n) is 2.69. The summed E-state index contributed by atoms with van der Waals surface area (Å²) in [5, 5.41) is 6.81. The zero-order valence-electron chi connectivity index (χ0n) is 12.1. The van der Waals surface area contributed by atoms with Crippen LogP contribution >= 0.6 is 11.3 Å². The van der Waals surface area contributed by atoms with Crippen LogP contribution in [0.25, 0.3) is 0 Å². The third-order valence-corrected chi connectivity index (χ3v) is 3.56. The molecule has 4 nitrogen and oxygen atoms in total. The highest BCUT2D eigenvalue weighted by atomic mass is 32.1. The van der Waals surface area contributed by atoms with Gasteiger partial charge in [0.2, 0.25) is 5.13 Å². The number of halogens is 1. The summed E-state index contributed by atoms with van der Waals surface area (Å²) in [6.45, 7) is 5.00. The van der Waals surface area contributed by atoms with Gasteiger partial charge in [-0.1, -0.05) is 13.0 Å². The van der Waals surface area contributed by atoms with Gasteiger partial charge in [-0.05, 0) is 31.0 Å². The van der Waals surface area contributed by atoms with E-state index in [1.807, 2.05) is 19.2 Å². The average molecular weight is 307 g/mol. The molecule has 1 N–H and O–H groups in total. The van der Waals surface area contributed by atoms with Gasteiger partial charge in [0.1, 0.15) is 5.82 Å². The van der Waals surface area contributed by atoms with Crippen molar-refractivity contribution in [3.05, 3.63) is 46.2 Å². The number of nitrogens with zero attached hydrogens (tertiary/aromatic N) is 2. The molecular weight excluding hydrogens is 289 g/mol. The number of benzene rings is 1. The Bertz CT molecular complexity index is 613. The number of nitrogens with one attached hydrogen (secondary N) is 1. The van der Waals surface area contributed by atoms with Gasteiger partial charge in [0.25, 0.3) is 0 Å². The van der Waals surface area contributed by atoms with E-state index in [0.717, 1.165) is 28.4 Å². The zero-order valence-corrected chi connectivity index (χ0v) is 12.9. The van der Waals surface area contributed by atoms with Gasteiger partial charge in [0.15, 0.2) is 0 Å². The Morgan fingerprint density at radius 1 is 1.48 bits per heavy atom. The molecule has 0 amide bonds. The first-order valence-electron chi connectivity index (χ1n) is 6.76. The second kappa shape index (κ2) is 7.85. The lowest BCUT2D eigenvalue weighted by Gasteiger charge is -2.06. The maximum Gasteiger partial charge on any atom is 0.203 e. The van der Waals surface area contributed by atoms with Crippen molar-refractivity contribution in [2.24, 2.45) is 5.10 Å². The first-order valence-corrected chi connectivity index (χ1v) is 7.64. The number of rotatable bonds is 7. The molecule has 0 bridgehead atoms. The van der Waals surface area contributed by atoms with Gasteiger partial charge in [-0.25, -0.2) is 9.37 Å². The van der Waals surface area contributed by atoms with Gasteiger partial charge >= 0.3 is 0 Å². The predicted octanol–water partition coefficient (Wildman–Crippen LogP) is 3.96. The van der Waals surface area contributed by atoms with Crippen LogP contribution in [0, 0.1) is 12.7 Å². The molecule has 0 aliphatic rings. The monoisotopic (exact) mass is 307 g/mol. The van der Waals surface area contributed by atoms with Gasteiger partial charge in [-0.15, -0.1) is 11.3 Å². The van der Waals surface area contributed by atoms with E-state index >= 15 is 0 Å². The molecule has 0 aliphatic carbocycles. The van der Waals surface area contributed by atoms with Crippen LogP contribution in [0.5, 0.6) is 0 Å². The summed E-state index contributed by atoms with van der Waals surface area (Å²) in [5.41, 5.74) is 5.43. The van der Waals surface area contributed by atoms with Gasteiger partial charge in [-0.3, -0.25) is 5.43 Å². The van der Waals surface area contributed by atoms with Crippen molar-refractivity contribution in [1.29, 1.82) is 0 Å². The lowest BCUT2D eigenvalue weighted by atomic mass is 10.1. The van der Waals surface area contributed by atoms with Gasteiger partial charge < -0.3 is 4.74 Å². The Morgan fingerprint density at radius 3 is 3.05 bits per heavy atom. The van der Waals surface area contributed by atoms with Crippen molar-refractivity contribution in [2.45, 2.75) is 26.9 Å². The average Bonchev–Trinajstić information content (AvgIpc) is 2.87. The van der Waals surface area contributed by atoms with Crippen molar-refractivity contribution in [2.75, 3.05) is 12.0 Å². The Hall–Kier alpha value is -1.79. The SMILES string of the molecule is CCCOCc1cc(F)ccc1C=NNc1nc(C)cs1. The molecule has 0 unspecified atom stereocenters. The summed E-state index contributed by atoms with van der Waals surface area (Å²) in [6, 6.07) is 4.58. The van der Waals surface area contributed by atoms with E-state index in [-0.39, 0.29) is 5.82 Å². The standard InChI is InChI=1S/C15H18FN3OS/c1-3-6-20-9-13-7-14(16)5-4-12(13)8-17-19-15-18-11(2)10-21-15/h4-5,7-8,10H,3,6,9H2,1-2H3,(H,18,19). The number of hydrogen-bond acceptors (Lipinski definition) is 5. The molecule has 1 aromatic carbocycles. The lowest BCUT2D eigenvalue weighted by molar-refractivity contribution is 0.121. The molecule has 1 heterocycles. The molecule has 2 rings (SSSR count). The molecule has 1 aromatic heterocycles. The van der Waals surface area contributed by atoms with E-state index in [9.17, 15) is 4.39 Å². The van der Waals surface area contributed by atoms with Crippen molar-refractivity contribution in [3.8, 4) is 0 Å². The number of anilines is 1. The second-order valence-electron chi connectivity index (χ2n) is 4.56. The fourth-order valence-electron chi connectivity index (χ4n) is 1.71. The normalized spacial score (nSPS) is 11.2. The Morgan fingerprint density at radius 2 is 2.33 bits per heavy atom. The van der Waals surface area contributed by atoms with E-state index in [1.54, 1.807) is 12.3 Å². The highest BCUT2D eigenvalue weighted by molar-refractivity contribution is 7.13. The molecule has 0 atom stereocenters. The summed E-state index contributed by atoms with van der Waals surface area (Å²) in [5.74, 6) is -0.272. The minimum Gasteiger partial charge on any atom is -0.377 e. The molecule has 0 saturated heterocycles. The molecule has 0 aliphatic heterocycles. The molecule has 2 aromatic rings. The van der Waals surface area contributed by atoms with Gasteiger partial charge in [0, 0.05) is 17.6 Å². The second-order valence-corrected chi connectivity index (χ2v) is 5.42. The summed E-state index contributed by atoms with van der Waals surface area (Å²) >= 11 is 1.49. The largest absolute Gasteiger partial charge is 0.377 e. The molecule has 0 spiro atoms. The van der Waals surface area contributed by atoms with Crippen LogP contribution in [0.2, 0.25) is 0 Å². The molecule has 6 heteroatoms. The number of ether oxygens (including phenoxy) is 1. The van der Waals surface area contributed by atoms with Crippen molar-refractivity contribution in [3.63, 3.8) is 0 Å². The van der Waals surface area contributed by atoms with E-state index in [0.29, 0.717) is 13.2 Å². The summed E-state index contributed by atoms with van der Waals surface area (Å²) in [6.07, 6.45) is 2.59. The number of aryl methyl sites for hydroxylation is 1. The predicted molar refractivity (Wildman–Crippen MR) is 84.4 cm³/mol. The highest BCUT2D eigenvalue weighted by Gasteiger charge is 2.03. The van der Waals surface area contributed by atoms with Crippen LogP contribution in [0.15, 0.2) is 28.7 Å². The summed E-state index contributed by atoms with van der Waals surface area (Å²) in [7, 11) is 0. The lowest BCUT2D eigenvalue weighted by Crippen LogP contribution is -2.00. The van der Waals surface area contributed by atoms with Gasteiger partial charge in [0.05, 0.1) is 18.5 Å². The van der Waals surface area contributed by atoms with E-state index in [1.165, 1.54) is 23.5 Å². The molecule has 21 heavy (non-hydrogen) atoms. The Labute approximate surface area is 127 Å². The minimum atomic E-state index is -0.272. The van der Waals surface area contributed by atoms with Crippen LogP contribution in [-0.2, 0) is 11.3 Å². The highest BCUT2D eigenvalue weighted by Crippen LogP contribution is 2.15. The Kier molecular flexibility index (Phi) is 5.83. The first-order chi connectivity index (χ1) is 10.2. The summed E-state index contributed by atoms with van der Waals surface area (Å²) < 4.78 is 18.8. The third kappa shape index (κ3) is 4.91. The fourth-order valence-corrected chi connectivity index (χ4v) is 2.35. The van der Waals surface area contributed by atoms with Crippen LogP contribution in [-0.4, -0.2) is 17.8 Å². The fraction of sp³-hybridized carbons (Fsp3) is 0.333. The van der Waals surface area contributed by atoms with E-state index in [2.05, 4.69) is 15.5 Å². The summed E-state index contributed by atoms with van der Waals surface area (Å²) in [4.78, 5) is 4.25. The smallest absolute Gasteiger partial charge is 0.203 e. The van der Waals surface area contributed by atoms with Crippen LogP contribution in [0.4, 0.5) is 9.52 Å². The first kappa shape index (κ1) is 15.6. The quantitative estimate of drug-likeness (QED) is 0.478. The Balaban J connectivity index is 2.03. The number of hydrogen-bond donors (Lipinski definition) is 1. The van der Waals surface area contributed by atoms with Crippen LogP contribution in [0.1, 0.15) is 30.2 Å². The van der Waals surface area contributed by atoms with Crippen molar-refractivity contribution < 1.29 is 9.13 Å². The number of hydrazone groups is 1. The number of thiazole rings is 1. The topological polar surface area (TPSA) is 46.5 Å². The van der Waals surface area contributed by atoms with Crippen molar-refractivity contribution in [1.82, 2.24) is 4.98 Å². The molecule has 0 saturated carbocycles. The maximum absolute atomic E-state index is 13.3. The van der Waals surface area contributed by atoms with Crippen LogP contribution in [0.3, 0.4) is 0 Å². The van der Waals surface area contributed by atoms with Crippen molar-refractivity contribution >= 4 is 22.7 Å². The minimum absolute atomic E-state index is 0.272. The molecule has 0 radical (unpaired) electrons. The molecule has 112 valence electrons. The zero-order chi connectivity index (χ0) is 15.1. The molecule has 0 fully saturated rings. The van der Waals surface area contributed by atoms with E-state index < -0.39 is 0 Å².